The SMILES string of the molecule is CCOC(=O)NN(C(=O)OCC)C(C(C)=O)C(C)=NCCN=C(C)C(C(C)=O)N(NC(=O)OCC)C(=O)OCC.[Cu]. The minimum Gasteiger partial charge on any atom is -0.449 e. The normalized spacial score (nSPS) is 12.5. The predicted molar refractivity (Wildman–Crippen MR) is 143 cm³/mol. The molecule has 0 fully saturated rings. The number of ether oxygens (including phenoxy) is 4. The van der Waals surface area contributed by atoms with Crippen LogP contribution in [0, 0.1) is 0 Å². The molecule has 4 amide bonds. The second-order valence-electron chi connectivity index (χ2n) is 7.87. The van der Waals surface area contributed by atoms with Crippen LogP contribution in [-0.2, 0) is 45.6 Å². The Morgan fingerprint density at radius 1 is 0.585 bits per heavy atom. The largest absolute Gasteiger partial charge is 0.449 e. The van der Waals surface area contributed by atoms with Crippen molar-refractivity contribution in [2.45, 2.75) is 67.5 Å². The molecular weight excluding hydrogens is 596 g/mol. The van der Waals surface area contributed by atoms with E-state index in [-0.39, 0.29) is 68.0 Å². The van der Waals surface area contributed by atoms with E-state index in [1.54, 1.807) is 27.7 Å². The van der Waals surface area contributed by atoms with Gasteiger partial charge < -0.3 is 18.9 Å². The maximum absolute atomic E-state index is 12.5. The van der Waals surface area contributed by atoms with E-state index in [0.717, 1.165) is 0 Å². The molecule has 0 aliphatic carbocycles. The van der Waals surface area contributed by atoms with Gasteiger partial charge >= 0.3 is 24.4 Å². The first kappa shape index (κ1) is 39.4. The molecule has 0 aromatic heterocycles. The number of hydrogen-bond donors (Lipinski definition) is 2. The molecule has 17 heteroatoms. The number of carbonyl (C=O) groups excluding carboxylic acids is 6. The van der Waals surface area contributed by atoms with Crippen molar-refractivity contribution in [3.05, 3.63) is 0 Å². The first-order valence-electron chi connectivity index (χ1n) is 12.7. The number of hydrogen-bond acceptors (Lipinski definition) is 12. The van der Waals surface area contributed by atoms with Gasteiger partial charge in [0.2, 0.25) is 0 Å². The van der Waals surface area contributed by atoms with Crippen LogP contribution in [0.4, 0.5) is 19.2 Å². The van der Waals surface area contributed by atoms with E-state index in [2.05, 4.69) is 20.8 Å². The fourth-order valence-electron chi connectivity index (χ4n) is 3.29. The summed E-state index contributed by atoms with van der Waals surface area (Å²) < 4.78 is 19.5. The van der Waals surface area contributed by atoms with Gasteiger partial charge in [0.25, 0.3) is 0 Å². The zero-order valence-electron chi connectivity index (χ0n) is 24.6. The Labute approximate surface area is 250 Å². The summed E-state index contributed by atoms with van der Waals surface area (Å²) >= 11 is 0. The van der Waals surface area contributed by atoms with Gasteiger partial charge in [-0.1, -0.05) is 0 Å². The number of ketones is 2. The number of nitrogens with zero attached hydrogens (tertiary/aromatic N) is 4. The van der Waals surface area contributed by atoms with Gasteiger partial charge in [-0.2, -0.15) is 10.0 Å². The van der Waals surface area contributed by atoms with Gasteiger partial charge in [-0.25, -0.2) is 30.0 Å². The summed E-state index contributed by atoms with van der Waals surface area (Å²) in [5.74, 6) is -1.03. The number of carbonyl (C=O) groups is 6. The molecule has 2 atom stereocenters. The van der Waals surface area contributed by atoms with E-state index < -0.39 is 48.0 Å². The summed E-state index contributed by atoms with van der Waals surface area (Å²) in [6.45, 7) is 11.7. The molecule has 41 heavy (non-hydrogen) atoms. The summed E-state index contributed by atoms with van der Waals surface area (Å²) in [5.41, 5.74) is 4.71. The van der Waals surface area contributed by atoms with E-state index in [1.165, 1.54) is 27.7 Å². The first-order valence-corrected chi connectivity index (χ1v) is 12.7. The molecule has 237 valence electrons. The Morgan fingerprint density at radius 3 is 1.12 bits per heavy atom. The third kappa shape index (κ3) is 14.0. The number of Topliss-reactive ketones (excluding diaryl/α,β-unsaturated/α-hetero) is 2. The number of nitrogens with one attached hydrogen (secondary N) is 2. The van der Waals surface area contributed by atoms with Crippen LogP contribution in [0.3, 0.4) is 0 Å². The van der Waals surface area contributed by atoms with Crippen LogP contribution in [0.25, 0.3) is 0 Å². The second-order valence-corrected chi connectivity index (χ2v) is 7.87. The molecule has 0 heterocycles. The third-order valence-electron chi connectivity index (χ3n) is 4.80. The number of rotatable bonds is 13. The van der Waals surface area contributed by atoms with Gasteiger partial charge in [-0.15, -0.1) is 0 Å². The minimum absolute atomic E-state index is 0. The van der Waals surface area contributed by atoms with Gasteiger partial charge in [0.15, 0.2) is 23.7 Å². The van der Waals surface area contributed by atoms with Crippen molar-refractivity contribution in [1.29, 1.82) is 0 Å². The van der Waals surface area contributed by atoms with Crippen LogP contribution in [-0.4, -0.2) is 109 Å². The Morgan fingerprint density at radius 2 is 0.878 bits per heavy atom. The van der Waals surface area contributed by atoms with E-state index in [4.69, 9.17) is 18.9 Å². The first-order chi connectivity index (χ1) is 18.9. The molecular formula is C24H40CuN6O10. The minimum atomic E-state index is -1.30. The van der Waals surface area contributed by atoms with E-state index in [1.807, 2.05) is 0 Å². The zero-order chi connectivity index (χ0) is 30.8. The van der Waals surface area contributed by atoms with Crippen LogP contribution in [0.15, 0.2) is 9.98 Å². The second kappa shape index (κ2) is 21.1. The molecule has 0 aliphatic heterocycles. The molecule has 2 unspecified atom stereocenters. The van der Waals surface area contributed by atoms with Crippen LogP contribution in [0.2, 0.25) is 0 Å². The van der Waals surface area contributed by atoms with Crippen molar-refractivity contribution in [3.8, 4) is 0 Å². The van der Waals surface area contributed by atoms with E-state index in [9.17, 15) is 28.8 Å². The molecule has 0 bridgehead atoms. The monoisotopic (exact) mass is 635 g/mol. The Kier molecular flexibility index (Phi) is 20.3. The van der Waals surface area contributed by atoms with Gasteiger partial charge in [0, 0.05) is 28.5 Å². The Balaban J connectivity index is 0. The molecule has 0 saturated heterocycles. The van der Waals surface area contributed by atoms with Crippen molar-refractivity contribution in [3.63, 3.8) is 0 Å². The van der Waals surface area contributed by atoms with Gasteiger partial charge in [0.05, 0.1) is 39.5 Å². The standard InChI is InChI=1S/C24H40N6O10.Cu/c1-9-37-21(33)27-29(23(35)39-11-3)19(17(7)31)15(5)25-13-14-26-16(6)20(18(8)32)30(24(36)40-12-4)28-22(34)38-10-2;/h19-20H,9-14H2,1-8H3,(H,27,33)(H,28,34);. The smallest absolute Gasteiger partial charge is 0.429 e. The quantitative estimate of drug-likeness (QED) is 0.0994. The molecule has 0 rings (SSSR count). The fourth-order valence-corrected chi connectivity index (χ4v) is 3.29. The Bertz CT molecular complexity index is 899. The van der Waals surface area contributed by atoms with Gasteiger partial charge in [-0.3, -0.25) is 19.6 Å². The van der Waals surface area contributed by atoms with E-state index >= 15 is 0 Å². The van der Waals surface area contributed by atoms with Crippen molar-refractivity contribution in [2.24, 2.45) is 9.98 Å². The summed E-state index contributed by atoms with van der Waals surface area (Å²) in [5, 5.41) is 1.39. The summed E-state index contributed by atoms with van der Waals surface area (Å²) in [6.07, 6.45) is -3.91. The van der Waals surface area contributed by atoms with Crippen LogP contribution >= 0.6 is 0 Å². The van der Waals surface area contributed by atoms with E-state index in [0.29, 0.717) is 10.0 Å². The van der Waals surface area contributed by atoms with Gasteiger partial charge in [-0.05, 0) is 55.4 Å². The molecule has 1 radical (unpaired) electrons. The average Bonchev–Trinajstić information content (AvgIpc) is 2.86. The van der Waals surface area contributed by atoms with Gasteiger partial charge in [0.1, 0.15) is 0 Å². The topological polar surface area (TPSA) is 195 Å². The van der Waals surface area contributed by atoms with Crippen LogP contribution in [0.1, 0.15) is 55.4 Å². The van der Waals surface area contributed by atoms with Crippen molar-refractivity contribution in [1.82, 2.24) is 20.9 Å². The predicted octanol–water partition coefficient (Wildman–Crippen LogP) is 2.06. The zero-order valence-corrected chi connectivity index (χ0v) is 25.5. The van der Waals surface area contributed by atoms with Crippen molar-refractivity contribution < 1.29 is 64.8 Å². The van der Waals surface area contributed by atoms with Crippen molar-refractivity contribution >= 4 is 47.4 Å². The molecule has 0 aromatic carbocycles. The maximum atomic E-state index is 12.5. The molecule has 0 aromatic rings. The third-order valence-corrected chi connectivity index (χ3v) is 4.80. The molecule has 2 N–H and O–H groups in total. The summed E-state index contributed by atoms with van der Waals surface area (Å²) in [7, 11) is 0. The fraction of sp³-hybridized carbons (Fsp3) is 0.667. The molecule has 0 saturated carbocycles. The summed E-state index contributed by atoms with van der Waals surface area (Å²) in [4.78, 5) is 82.3. The number of hydrazine groups is 2. The molecule has 16 nitrogen and oxygen atoms in total. The van der Waals surface area contributed by atoms with Crippen LogP contribution in [0.5, 0.6) is 0 Å². The number of amides is 4. The molecule has 0 spiro atoms. The molecule has 0 aliphatic rings. The van der Waals surface area contributed by atoms with Crippen LogP contribution < -0.4 is 10.9 Å². The maximum Gasteiger partial charge on any atom is 0.429 e. The summed E-state index contributed by atoms with van der Waals surface area (Å²) in [6, 6.07) is -2.60. The number of aliphatic imine (C=N–C) groups is 2. The Hall–Kier alpha value is -3.72. The average molecular weight is 636 g/mol. The van der Waals surface area contributed by atoms with Crippen molar-refractivity contribution in [2.75, 3.05) is 39.5 Å².